The number of nitrogens with zero attached hydrogens (tertiary/aromatic N) is 3. The lowest BCUT2D eigenvalue weighted by molar-refractivity contribution is -0.181. The van der Waals surface area contributed by atoms with E-state index in [1.807, 2.05) is 4.90 Å². The van der Waals surface area contributed by atoms with Gasteiger partial charge in [0.1, 0.15) is 11.8 Å². The number of halogens is 7. The van der Waals surface area contributed by atoms with Crippen LogP contribution in [0.2, 0.25) is 0 Å². The van der Waals surface area contributed by atoms with E-state index in [9.17, 15) is 26.3 Å². The summed E-state index contributed by atoms with van der Waals surface area (Å²) in [5, 5.41) is 3.04. The van der Waals surface area contributed by atoms with Crippen LogP contribution in [-0.4, -0.2) is 74.0 Å². The Hall–Kier alpha value is -1.44. The molecule has 0 saturated carbocycles. The van der Waals surface area contributed by atoms with Crippen LogP contribution in [0.15, 0.2) is 29.3 Å². The summed E-state index contributed by atoms with van der Waals surface area (Å²) >= 11 is 0. The summed E-state index contributed by atoms with van der Waals surface area (Å²) in [5.41, 5.74) is 0.516. The van der Waals surface area contributed by atoms with E-state index in [0.29, 0.717) is 24.6 Å². The van der Waals surface area contributed by atoms with Crippen molar-refractivity contribution in [3.63, 3.8) is 0 Å². The Morgan fingerprint density at radius 3 is 2.23 bits per heavy atom. The molecule has 1 fully saturated rings. The molecule has 1 heterocycles. The van der Waals surface area contributed by atoms with Crippen molar-refractivity contribution >= 4 is 29.9 Å². The number of nitrogens with one attached hydrogen (secondary N) is 1. The van der Waals surface area contributed by atoms with Crippen LogP contribution in [0.4, 0.5) is 26.3 Å². The summed E-state index contributed by atoms with van der Waals surface area (Å²) in [6, 6.07) is 4.82. The first kappa shape index (κ1) is 26.6. The molecule has 0 spiro atoms. The molecule has 0 radical (unpaired) electrons. The second-order valence-electron chi connectivity index (χ2n) is 6.65. The van der Waals surface area contributed by atoms with Crippen molar-refractivity contribution in [2.24, 2.45) is 4.99 Å². The maximum absolute atomic E-state index is 12.9. The van der Waals surface area contributed by atoms with Crippen LogP contribution in [0.3, 0.4) is 0 Å². The summed E-state index contributed by atoms with van der Waals surface area (Å²) in [6.45, 7) is 1.08. The predicted octanol–water partition coefficient (Wildman–Crippen LogP) is 3.89. The van der Waals surface area contributed by atoms with Crippen LogP contribution in [0.1, 0.15) is 12.5 Å². The number of guanidine groups is 1. The second-order valence-corrected chi connectivity index (χ2v) is 6.65. The number of alkyl halides is 6. The normalized spacial score (nSPS) is 17.3. The molecule has 0 amide bonds. The van der Waals surface area contributed by atoms with Gasteiger partial charge in [-0.25, -0.2) is 0 Å². The average molecular weight is 554 g/mol. The fourth-order valence-electron chi connectivity index (χ4n) is 2.98. The maximum atomic E-state index is 12.9. The van der Waals surface area contributed by atoms with E-state index in [-0.39, 0.29) is 49.4 Å². The fourth-order valence-corrected chi connectivity index (χ4v) is 2.98. The molecule has 12 heteroatoms. The van der Waals surface area contributed by atoms with Gasteiger partial charge in [-0.1, -0.05) is 18.2 Å². The molecule has 1 aromatic carbocycles. The highest BCUT2D eigenvalue weighted by molar-refractivity contribution is 14.0. The zero-order valence-electron chi connectivity index (χ0n) is 16.6. The summed E-state index contributed by atoms with van der Waals surface area (Å²) in [6.07, 6.45) is -8.72. The van der Waals surface area contributed by atoms with Crippen molar-refractivity contribution in [3.05, 3.63) is 29.8 Å². The highest BCUT2D eigenvalue weighted by atomic mass is 127. The monoisotopic (exact) mass is 554 g/mol. The Bertz CT molecular complexity index is 690. The van der Waals surface area contributed by atoms with Crippen LogP contribution < -0.4 is 10.1 Å². The topological polar surface area (TPSA) is 40.1 Å². The first-order valence-corrected chi connectivity index (χ1v) is 9.05. The number of hydrogen-bond donors (Lipinski definition) is 1. The van der Waals surface area contributed by atoms with Crippen molar-refractivity contribution < 1.29 is 31.1 Å². The zero-order valence-corrected chi connectivity index (χ0v) is 18.9. The molecule has 172 valence electrons. The molecule has 1 unspecified atom stereocenters. The Morgan fingerprint density at radius 2 is 1.70 bits per heavy atom. The van der Waals surface area contributed by atoms with Gasteiger partial charge in [-0.15, -0.1) is 24.0 Å². The van der Waals surface area contributed by atoms with E-state index in [4.69, 9.17) is 4.74 Å². The van der Waals surface area contributed by atoms with Crippen molar-refractivity contribution in [2.75, 3.05) is 39.8 Å². The van der Waals surface area contributed by atoms with Gasteiger partial charge < -0.3 is 15.0 Å². The quantitative estimate of drug-likeness (QED) is 0.260. The molecule has 0 aromatic heterocycles. The number of hydrogen-bond acceptors (Lipinski definition) is 3. The minimum Gasteiger partial charge on any atom is -0.484 e. The lowest BCUT2D eigenvalue weighted by Crippen LogP contribution is -2.56. The third-order valence-electron chi connectivity index (χ3n) is 4.65. The predicted molar refractivity (Wildman–Crippen MR) is 112 cm³/mol. The van der Waals surface area contributed by atoms with Gasteiger partial charge in [-0.05, 0) is 13.0 Å². The third-order valence-corrected chi connectivity index (χ3v) is 4.65. The highest BCUT2D eigenvalue weighted by Crippen LogP contribution is 2.25. The van der Waals surface area contributed by atoms with Gasteiger partial charge in [-0.2, -0.15) is 26.3 Å². The molecule has 1 atom stereocenters. The molecule has 0 bridgehead atoms. The third kappa shape index (κ3) is 8.00. The van der Waals surface area contributed by atoms with E-state index >= 15 is 0 Å². The first-order valence-electron chi connectivity index (χ1n) is 9.05. The highest BCUT2D eigenvalue weighted by Gasteiger charge is 2.41. The molecule has 30 heavy (non-hydrogen) atoms. The maximum Gasteiger partial charge on any atom is 0.422 e. The fraction of sp³-hybridized carbons (Fsp3) is 0.611. The van der Waals surface area contributed by atoms with Crippen molar-refractivity contribution in [3.8, 4) is 5.75 Å². The van der Waals surface area contributed by atoms with Gasteiger partial charge >= 0.3 is 12.4 Å². The average Bonchev–Trinajstić information content (AvgIpc) is 2.66. The number of piperazine rings is 1. The minimum absolute atomic E-state index is 0. The molecule has 1 saturated heterocycles. The van der Waals surface area contributed by atoms with E-state index in [2.05, 4.69) is 10.3 Å². The van der Waals surface area contributed by atoms with Crippen molar-refractivity contribution in [2.45, 2.75) is 31.9 Å². The van der Waals surface area contributed by atoms with Gasteiger partial charge in [0.05, 0.1) is 0 Å². The van der Waals surface area contributed by atoms with E-state index in [1.165, 1.54) is 11.0 Å². The number of aliphatic imine (C=N–C) groups is 1. The van der Waals surface area contributed by atoms with Gasteiger partial charge in [0.25, 0.3) is 0 Å². The standard InChI is InChI=1S/C18H24F6N4O.HI/c1-13(18(22,23)24)27-7-9-28(10-8-27)16(25-2)26-11-14-5-3-4-6-15(14)29-12-17(19,20)21;/h3-6,13H,7-12H2,1-2H3,(H,25,26);1H. The SMILES string of the molecule is CN=C(NCc1ccccc1OCC(F)(F)F)N1CCN(C(C)C(F)(F)F)CC1.I. The van der Waals surface area contributed by atoms with Crippen LogP contribution in [0.5, 0.6) is 5.75 Å². The Morgan fingerprint density at radius 1 is 1.10 bits per heavy atom. The van der Waals surface area contributed by atoms with Crippen molar-refractivity contribution in [1.82, 2.24) is 15.1 Å². The number of benzene rings is 1. The molecule has 1 N–H and O–H groups in total. The number of rotatable bonds is 5. The van der Waals surface area contributed by atoms with E-state index in [0.717, 1.165) is 6.92 Å². The molecule has 2 rings (SSSR count). The van der Waals surface area contributed by atoms with E-state index in [1.54, 1.807) is 25.2 Å². The molecule has 0 aliphatic carbocycles. The molecule has 5 nitrogen and oxygen atoms in total. The van der Waals surface area contributed by atoms with Gasteiger partial charge in [0, 0.05) is 45.3 Å². The van der Waals surface area contributed by atoms with Crippen molar-refractivity contribution in [1.29, 1.82) is 0 Å². The summed E-state index contributed by atoms with van der Waals surface area (Å²) in [5.74, 6) is 0.575. The lowest BCUT2D eigenvalue weighted by Gasteiger charge is -2.39. The minimum atomic E-state index is -4.44. The summed E-state index contributed by atoms with van der Waals surface area (Å²) in [7, 11) is 1.54. The molecule has 1 aliphatic heterocycles. The number of para-hydroxylation sites is 1. The Kier molecular flexibility index (Phi) is 9.98. The smallest absolute Gasteiger partial charge is 0.422 e. The number of ether oxygens (including phenoxy) is 1. The van der Waals surface area contributed by atoms with Crippen LogP contribution in [-0.2, 0) is 6.54 Å². The van der Waals surface area contributed by atoms with Crippen LogP contribution >= 0.6 is 24.0 Å². The van der Waals surface area contributed by atoms with Gasteiger partial charge in [0.15, 0.2) is 12.6 Å². The molecular weight excluding hydrogens is 529 g/mol. The van der Waals surface area contributed by atoms with Crippen LogP contribution in [0.25, 0.3) is 0 Å². The summed E-state index contributed by atoms with van der Waals surface area (Å²) < 4.78 is 80.7. The molecular formula is C18H25F6IN4O. The largest absolute Gasteiger partial charge is 0.484 e. The van der Waals surface area contributed by atoms with E-state index < -0.39 is 25.0 Å². The first-order chi connectivity index (χ1) is 13.5. The lowest BCUT2D eigenvalue weighted by atomic mass is 10.2. The molecule has 1 aliphatic rings. The van der Waals surface area contributed by atoms with Gasteiger partial charge in [-0.3, -0.25) is 9.89 Å². The zero-order chi connectivity index (χ0) is 21.7. The summed E-state index contributed by atoms with van der Waals surface area (Å²) in [4.78, 5) is 7.31. The molecule has 1 aromatic rings. The Labute approximate surface area is 188 Å². The van der Waals surface area contributed by atoms with Gasteiger partial charge in [0.2, 0.25) is 0 Å². The Balaban J connectivity index is 0.00000450. The van der Waals surface area contributed by atoms with Crippen LogP contribution in [0, 0.1) is 0 Å². The second kappa shape index (κ2) is 11.3.